The van der Waals surface area contributed by atoms with Gasteiger partial charge in [0.2, 0.25) is 5.82 Å². The first-order valence-corrected chi connectivity index (χ1v) is 5.47. The predicted molar refractivity (Wildman–Crippen MR) is 59.3 cm³/mol. The van der Waals surface area contributed by atoms with Crippen LogP contribution in [0.15, 0.2) is 12.1 Å². The summed E-state index contributed by atoms with van der Waals surface area (Å²) in [6.45, 7) is 0. The highest BCUT2D eigenvalue weighted by Crippen LogP contribution is 2.27. The van der Waals surface area contributed by atoms with Gasteiger partial charge in [-0.15, -0.1) is 11.6 Å². The number of hydrogen-bond acceptors (Lipinski definition) is 4. The molecule has 2 N–H and O–H groups in total. The van der Waals surface area contributed by atoms with Gasteiger partial charge in [0.15, 0.2) is 0 Å². The number of halogens is 3. The van der Waals surface area contributed by atoms with Crippen molar-refractivity contribution < 1.29 is 23.9 Å². The average Bonchev–Trinajstić information content (AvgIpc) is 2.30. The van der Waals surface area contributed by atoms with Crippen LogP contribution in [-0.2, 0) is 0 Å². The first kappa shape index (κ1) is 14.7. The molecule has 0 radical (unpaired) electrons. The van der Waals surface area contributed by atoms with Crippen LogP contribution in [0.2, 0.25) is 0 Å². The molecule has 0 aromatic heterocycles. The number of rotatable bonds is 5. The lowest BCUT2D eigenvalue weighted by atomic mass is 10.0. The van der Waals surface area contributed by atoms with Crippen molar-refractivity contribution in [3.8, 4) is 0 Å². The van der Waals surface area contributed by atoms with Crippen LogP contribution in [0.3, 0.4) is 0 Å². The molecule has 5 nitrogen and oxygen atoms in total. The van der Waals surface area contributed by atoms with E-state index in [0.29, 0.717) is 12.1 Å². The van der Waals surface area contributed by atoms with Crippen LogP contribution in [-0.4, -0.2) is 27.1 Å². The Hall–Kier alpha value is -1.31. The molecule has 1 aromatic carbocycles. The van der Waals surface area contributed by atoms with Gasteiger partial charge < -0.3 is 10.2 Å². The SMILES string of the molecule is O=[N+]([O-])c1cc(F)c(C(O)C(O)CCCl)cc1F. The Morgan fingerprint density at radius 1 is 1.33 bits per heavy atom. The zero-order valence-corrected chi connectivity index (χ0v) is 9.77. The summed E-state index contributed by atoms with van der Waals surface area (Å²) in [6.07, 6.45) is -3.10. The third-order valence-corrected chi connectivity index (χ3v) is 2.57. The molecule has 0 saturated carbocycles. The average molecular weight is 282 g/mol. The Labute approximate surface area is 106 Å². The van der Waals surface area contributed by atoms with Crippen LogP contribution in [0, 0.1) is 21.7 Å². The number of hydrogen-bond donors (Lipinski definition) is 2. The van der Waals surface area contributed by atoms with Crippen LogP contribution >= 0.6 is 11.6 Å². The summed E-state index contributed by atoms with van der Waals surface area (Å²) in [5.74, 6) is -2.42. The number of alkyl halides is 1. The molecule has 0 aliphatic heterocycles. The highest BCUT2D eigenvalue weighted by atomic mass is 35.5. The van der Waals surface area contributed by atoms with Crippen LogP contribution in [0.5, 0.6) is 0 Å². The number of benzene rings is 1. The number of nitro benzene ring substituents is 1. The van der Waals surface area contributed by atoms with Gasteiger partial charge in [0.25, 0.3) is 0 Å². The molecule has 0 aliphatic carbocycles. The van der Waals surface area contributed by atoms with Gasteiger partial charge in [-0.05, 0) is 12.5 Å². The van der Waals surface area contributed by atoms with E-state index >= 15 is 0 Å². The molecular weight excluding hydrogens is 272 g/mol. The maximum absolute atomic E-state index is 13.5. The van der Waals surface area contributed by atoms with Gasteiger partial charge in [-0.2, -0.15) is 4.39 Å². The molecule has 0 saturated heterocycles. The van der Waals surface area contributed by atoms with Crippen LogP contribution in [0.4, 0.5) is 14.5 Å². The fraction of sp³-hybridized carbons (Fsp3) is 0.400. The lowest BCUT2D eigenvalue weighted by molar-refractivity contribution is -0.387. The van der Waals surface area contributed by atoms with Crippen molar-refractivity contribution in [2.24, 2.45) is 0 Å². The summed E-state index contributed by atoms with van der Waals surface area (Å²) in [5, 5.41) is 29.3. The fourth-order valence-electron chi connectivity index (χ4n) is 1.40. The topological polar surface area (TPSA) is 83.6 Å². The van der Waals surface area contributed by atoms with Crippen LogP contribution < -0.4 is 0 Å². The Bertz CT molecular complexity index is 458. The summed E-state index contributed by atoms with van der Waals surface area (Å²) in [4.78, 5) is 9.28. The van der Waals surface area contributed by atoms with Gasteiger partial charge in [-0.1, -0.05) is 0 Å². The summed E-state index contributed by atoms with van der Waals surface area (Å²) < 4.78 is 26.7. The minimum Gasteiger partial charge on any atom is -0.390 e. The van der Waals surface area contributed by atoms with E-state index in [0.717, 1.165) is 0 Å². The number of nitro groups is 1. The Morgan fingerprint density at radius 2 is 1.94 bits per heavy atom. The second kappa shape index (κ2) is 6.03. The lowest BCUT2D eigenvalue weighted by Gasteiger charge is -2.17. The first-order valence-electron chi connectivity index (χ1n) is 4.94. The number of nitrogens with zero attached hydrogens (tertiary/aromatic N) is 1. The molecule has 0 spiro atoms. The van der Waals surface area contributed by atoms with Crippen LogP contribution in [0.1, 0.15) is 18.1 Å². The van der Waals surface area contributed by atoms with Crippen molar-refractivity contribution in [2.45, 2.75) is 18.6 Å². The van der Waals surface area contributed by atoms with Gasteiger partial charge in [0, 0.05) is 11.4 Å². The Morgan fingerprint density at radius 3 is 2.44 bits per heavy atom. The van der Waals surface area contributed by atoms with E-state index in [2.05, 4.69) is 0 Å². The number of aliphatic hydroxyl groups excluding tert-OH is 2. The molecule has 18 heavy (non-hydrogen) atoms. The van der Waals surface area contributed by atoms with E-state index in [1.54, 1.807) is 0 Å². The molecule has 0 amide bonds. The van der Waals surface area contributed by atoms with Crippen LogP contribution in [0.25, 0.3) is 0 Å². The monoisotopic (exact) mass is 281 g/mol. The quantitative estimate of drug-likeness (QED) is 0.490. The van der Waals surface area contributed by atoms with E-state index in [-0.39, 0.29) is 12.3 Å². The Kier molecular flexibility index (Phi) is 4.94. The second-order valence-corrected chi connectivity index (χ2v) is 3.95. The molecule has 0 fully saturated rings. The molecule has 1 aromatic rings. The van der Waals surface area contributed by atoms with Crippen molar-refractivity contribution in [2.75, 3.05) is 5.88 Å². The van der Waals surface area contributed by atoms with Gasteiger partial charge in [-0.3, -0.25) is 10.1 Å². The van der Waals surface area contributed by atoms with Crippen molar-refractivity contribution >= 4 is 17.3 Å². The molecule has 8 heteroatoms. The highest BCUT2D eigenvalue weighted by molar-refractivity contribution is 6.17. The van der Waals surface area contributed by atoms with Gasteiger partial charge >= 0.3 is 5.69 Å². The van der Waals surface area contributed by atoms with Crippen molar-refractivity contribution in [1.82, 2.24) is 0 Å². The fourth-order valence-corrected chi connectivity index (χ4v) is 1.62. The first-order chi connectivity index (χ1) is 8.38. The molecule has 0 bridgehead atoms. The third kappa shape index (κ3) is 3.12. The Balaban J connectivity index is 3.11. The molecule has 0 aliphatic rings. The minimum absolute atomic E-state index is 0.0231. The minimum atomic E-state index is -1.70. The summed E-state index contributed by atoms with van der Waals surface area (Å²) in [7, 11) is 0. The van der Waals surface area contributed by atoms with Crippen molar-refractivity contribution in [3.63, 3.8) is 0 Å². The largest absolute Gasteiger partial charge is 0.390 e. The maximum Gasteiger partial charge on any atom is 0.307 e. The summed E-state index contributed by atoms with van der Waals surface area (Å²) in [6, 6.07) is 0.858. The molecule has 0 heterocycles. The summed E-state index contributed by atoms with van der Waals surface area (Å²) >= 11 is 5.34. The molecule has 2 atom stereocenters. The van der Waals surface area contributed by atoms with Gasteiger partial charge in [0.1, 0.15) is 11.9 Å². The maximum atomic E-state index is 13.5. The van der Waals surface area contributed by atoms with Gasteiger partial charge in [0.05, 0.1) is 17.1 Å². The zero-order chi connectivity index (χ0) is 13.9. The second-order valence-electron chi connectivity index (χ2n) is 3.57. The van der Waals surface area contributed by atoms with Crippen molar-refractivity contribution in [3.05, 3.63) is 39.4 Å². The highest BCUT2D eigenvalue weighted by Gasteiger charge is 2.26. The predicted octanol–water partition coefficient (Wildman–Crippen LogP) is 1.90. The third-order valence-electron chi connectivity index (χ3n) is 2.35. The van der Waals surface area contributed by atoms with E-state index in [1.807, 2.05) is 0 Å². The molecular formula is C10H10ClF2NO4. The smallest absolute Gasteiger partial charge is 0.307 e. The lowest BCUT2D eigenvalue weighted by Crippen LogP contribution is -2.20. The van der Waals surface area contributed by atoms with E-state index in [9.17, 15) is 29.1 Å². The summed E-state index contributed by atoms with van der Waals surface area (Å²) in [5.41, 5.74) is -1.58. The van der Waals surface area contributed by atoms with Gasteiger partial charge in [-0.25, -0.2) is 4.39 Å². The van der Waals surface area contributed by atoms with E-state index in [4.69, 9.17) is 11.6 Å². The van der Waals surface area contributed by atoms with Crippen molar-refractivity contribution in [1.29, 1.82) is 0 Å². The zero-order valence-electron chi connectivity index (χ0n) is 9.02. The number of aliphatic hydroxyl groups is 2. The molecule has 1 rings (SSSR count). The molecule has 2 unspecified atom stereocenters. The van der Waals surface area contributed by atoms with E-state index in [1.165, 1.54) is 0 Å². The normalized spacial score (nSPS) is 14.3. The standard InChI is InChI=1S/C10H10ClF2NO4/c11-2-1-9(15)10(16)5-3-7(13)8(14(17)18)4-6(5)12/h3-4,9-10,15-16H,1-2H2. The molecule has 100 valence electrons. The van der Waals surface area contributed by atoms with E-state index < -0.39 is 40.0 Å².